The molecule has 0 atom stereocenters. The van der Waals surface area contributed by atoms with Gasteiger partial charge in [-0.1, -0.05) is 29.8 Å². The van der Waals surface area contributed by atoms with Crippen LogP contribution in [0.5, 0.6) is 0 Å². The molecule has 4 rings (SSSR count). The lowest BCUT2D eigenvalue weighted by molar-refractivity contribution is -0.117. The van der Waals surface area contributed by atoms with Crippen LogP contribution >= 0.6 is 11.6 Å². The van der Waals surface area contributed by atoms with E-state index >= 15 is 0 Å². The molecule has 0 bridgehead atoms. The number of amides is 2. The molecular weight excluding hydrogens is 376 g/mol. The molecule has 1 aliphatic carbocycles. The lowest BCUT2D eigenvalue weighted by Gasteiger charge is -2.10. The van der Waals surface area contributed by atoms with Crippen LogP contribution in [0.1, 0.15) is 28.8 Å². The topological polar surface area (TPSA) is 76.0 Å². The van der Waals surface area contributed by atoms with Gasteiger partial charge in [0.05, 0.1) is 12.7 Å². The summed E-state index contributed by atoms with van der Waals surface area (Å²) < 4.78 is 1.71. The molecule has 3 aromatic rings. The summed E-state index contributed by atoms with van der Waals surface area (Å²) in [6.07, 6.45) is 3.51. The van der Waals surface area contributed by atoms with Gasteiger partial charge in [0, 0.05) is 28.3 Å². The van der Waals surface area contributed by atoms with E-state index in [1.807, 2.05) is 24.3 Å². The standard InChI is InChI=1S/C21H19ClN4O2/c22-17-8-4-14(5-9-17)13-26-19(10-11-23-26)25-21(28)16-2-1-3-18(12-16)24-20(27)15-6-7-15/h1-5,8-12,15H,6-7,13H2,(H,24,27)(H,25,28). The molecule has 7 heteroatoms. The second kappa shape index (κ2) is 7.86. The zero-order chi connectivity index (χ0) is 19.5. The molecule has 0 saturated heterocycles. The minimum Gasteiger partial charge on any atom is -0.326 e. The maximum atomic E-state index is 12.7. The molecule has 1 heterocycles. The van der Waals surface area contributed by atoms with E-state index in [4.69, 9.17) is 11.6 Å². The number of aromatic nitrogens is 2. The van der Waals surface area contributed by atoms with E-state index in [-0.39, 0.29) is 17.7 Å². The average Bonchev–Trinajstić information content (AvgIpc) is 3.46. The van der Waals surface area contributed by atoms with Gasteiger partial charge in [0.15, 0.2) is 0 Å². The number of hydrogen-bond acceptors (Lipinski definition) is 3. The monoisotopic (exact) mass is 394 g/mol. The van der Waals surface area contributed by atoms with Crippen LogP contribution in [-0.4, -0.2) is 21.6 Å². The first-order valence-electron chi connectivity index (χ1n) is 9.07. The first kappa shape index (κ1) is 18.3. The Balaban J connectivity index is 1.44. The highest BCUT2D eigenvalue weighted by molar-refractivity contribution is 6.30. The number of carbonyl (C=O) groups excluding carboxylic acids is 2. The predicted octanol–water partition coefficient (Wildman–Crippen LogP) is 4.19. The molecule has 2 amide bonds. The first-order chi connectivity index (χ1) is 13.6. The van der Waals surface area contributed by atoms with Gasteiger partial charge in [-0.3, -0.25) is 9.59 Å². The van der Waals surface area contributed by atoms with E-state index in [1.165, 1.54) is 0 Å². The Morgan fingerprint density at radius 3 is 2.61 bits per heavy atom. The summed E-state index contributed by atoms with van der Waals surface area (Å²) in [7, 11) is 0. The highest BCUT2D eigenvalue weighted by Crippen LogP contribution is 2.30. The zero-order valence-corrected chi connectivity index (χ0v) is 15.8. The minimum atomic E-state index is -0.264. The minimum absolute atomic E-state index is 0.0126. The summed E-state index contributed by atoms with van der Waals surface area (Å²) in [5.41, 5.74) is 2.11. The Hall–Kier alpha value is -3.12. The third-order valence-electron chi connectivity index (χ3n) is 4.54. The van der Waals surface area contributed by atoms with Gasteiger partial charge in [-0.25, -0.2) is 4.68 Å². The van der Waals surface area contributed by atoms with Crippen LogP contribution in [0.3, 0.4) is 0 Å². The summed E-state index contributed by atoms with van der Waals surface area (Å²) in [6.45, 7) is 0.511. The quantitative estimate of drug-likeness (QED) is 0.658. The van der Waals surface area contributed by atoms with E-state index < -0.39 is 0 Å². The third-order valence-corrected chi connectivity index (χ3v) is 4.80. The maximum absolute atomic E-state index is 12.7. The van der Waals surface area contributed by atoms with Gasteiger partial charge in [0.25, 0.3) is 5.91 Å². The van der Waals surface area contributed by atoms with Crippen molar-refractivity contribution in [2.24, 2.45) is 5.92 Å². The molecule has 6 nitrogen and oxygen atoms in total. The van der Waals surface area contributed by atoms with Gasteiger partial charge in [-0.05, 0) is 48.7 Å². The lowest BCUT2D eigenvalue weighted by atomic mass is 10.2. The van der Waals surface area contributed by atoms with Crippen LogP contribution in [0.4, 0.5) is 11.5 Å². The van der Waals surface area contributed by atoms with Crippen molar-refractivity contribution in [1.29, 1.82) is 0 Å². The summed E-state index contributed by atoms with van der Waals surface area (Å²) in [6, 6.07) is 16.1. The van der Waals surface area contributed by atoms with Crippen LogP contribution in [0, 0.1) is 5.92 Å². The van der Waals surface area contributed by atoms with Crippen LogP contribution in [0.15, 0.2) is 60.8 Å². The molecule has 1 aromatic heterocycles. The number of carbonyl (C=O) groups is 2. The fraction of sp³-hybridized carbons (Fsp3) is 0.190. The Labute approximate surface area is 167 Å². The SMILES string of the molecule is O=C(Nc1ccnn1Cc1ccc(Cl)cc1)c1cccc(NC(=O)C2CC2)c1. The Morgan fingerprint density at radius 1 is 1.07 bits per heavy atom. The Kier molecular flexibility index (Phi) is 5.12. The van der Waals surface area contributed by atoms with Crippen molar-refractivity contribution in [3.8, 4) is 0 Å². The fourth-order valence-corrected chi connectivity index (χ4v) is 2.97. The Morgan fingerprint density at radius 2 is 1.86 bits per heavy atom. The summed E-state index contributed by atoms with van der Waals surface area (Å²) in [5, 5.41) is 10.7. The van der Waals surface area contributed by atoms with Crippen molar-refractivity contribution >= 4 is 34.9 Å². The largest absolute Gasteiger partial charge is 0.326 e. The van der Waals surface area contributed by atoms with Crippen molar-refractivity contribution in [3.05, 3.63) is 76.9 Å². The number of halogens is 1. The maximum Gasteiger partial charge on any atom is 0.256 e. The summed E-state index contributed by atoms with van der Waals surface area (Å²) in [5.74, 6) is 0.450. The molecule has 0 unspecified atom stereocenters. The Bertz CT molecular complexity index is 1010. The van der Waals surface area contributed by atoms with Gasteiger partial charge >= 0.3 is 0 Å². The highest BCUT2D eigenvalue weighted by atomic mass is 35.5. The van der Waals surface area contributed by atoms with Crippen LogP contribution in [-0.2, 0) is 11.3 Å². The molecule has 1 saturated carbocycles. The van der Waals surface area contributed by atoms with Crippen molar-refractivity contribution in [3.63, 3.8) is 0 Å². The van der Waals surface area contributed by atoms with E-state index in [2.05, 4.69) is 15.7 Å². The van der Waals surface area contributed by atoms with Gasteiger partial charge in [-0.2, -0.15) is 5.10 Å². The molecule has 2 aromatic carbocycles. The average molecular weight is 395 g/mol. The fourth-order valence-electron chi connectivity index (χ4n) is 2.84. The van der Waals surface area contributed by atoms with Crippen molar-refractivity contribution < 1.29 is 9.59 Å². The molecule has 0 aliphatic heterocycles. The van der Waals surface area contributed by atoms with Crippen LogP contribution in [0.25, 0.3) is 0 Å². The van der Waals surface area contributed by atoms with Crippen molar-refractivity contribution in [2.45, 2.75) is 19.4 Å². The number of anilines is 2. The lowest BCUT2D eigenvalue weighted by Crippen LogP contribution is -2.17. The second-order valence-corrected chi connectivity index (χ2v) is 7.24. The molecule has 1 aliphatic rings. The number of rotatable bonds is 6. The number of nitrogens with zero attached hydrogens (tertiary/aromatic N) is 2. The van der Waals surface area contributed by atoms with E-state index in [9.17, 15) is 9.59 Å². The molecule has 1 fully saturated rings. The normalized spacial score (nSPS) is 13.2. The number of hydrogen-bond donors (Lipinski definition) is 2. The van der Waals surface area contributed by atoms with Crippen LogP contribution in [0.2, 0.25) is 5.02 Å². The molecule has 0 radical (unpaired) electrons. The van der Waals surface area contributed by atoms with Gasteiger partial charge < -0.3 is 10.6 Å². The van der Waals surface area contributed by atoms with E-state index in [1.54, 1.807) is 41.2 Å². The molecule has 28 heavy (non-hydrogen) atoms. The van der Waals surface area contributed by atoms with Gasteiger partial charge in [0.2, 0.25) is 5.91 Å². The number of benzene rings is 2. The molecule has 0 spiro atoms. The van der Waals surface area contributed by atoms with Gasteiger partial charge in [0.1, 0.15) is 5.82 Å². The highest BCUT2D eigenvalue weighted by Gasteiger charge is 2.29. The summed E-state index contributed by atoms with van der Waals surface area (Å²) >= 11 is 5.92. The first-order valence-corrected chi connectivity index (χ1v) is 9.45. The number of nitrogens with one attached hydrogen (secondary N) is 2. The molecular formula is C21H19ClN4O2. The van der Waals surface area contributed by atoms with Gasteiger partial charge in [-0.15, -0.1) is 0 Å². The van der Waals surface area contributed by atoms with Crippen LogP contribution < -0.4 is 10.6 Å². The second-order valence-electron chi connectivity index (χ2n) is 6.80. The predicted molar refractivity (Wildman–Crippen MR) is 109 cm³/mol. The van der Waals surface area contributed by atoms with Crippen molar-refractivity contribution in [1.82, 2.24) is 9.78 Å². The van der Waals surface area contributed by atoms with Crippen molar-refractivity contribution in [2.75, 3.05) is 10.6 Å². The smallest absolute Gasteiger partial charge is 0.256 e. The third kappa shape index (κ3) is 4.40. The molecule has 2 N–H and O–H groups in total. The van der Waals surface area contributed by atoms with E-state index in [0.717, 1.165) is 18.4 Å². The summed E-state index contributed by atoms with van der Waals surface area (Å²) in [4.78, 5) is 24.6. The zero-order valence-electron chi connectivity index (χ0n) is 15.1. The molecule has 142 valence electrons. The van der Waals surface area contributed by atoms with E-state index in [0.29, 0.717) is 28.6 Å².